The number of carboxylic acid groups (broad SMARTS) is 1. The third-order valence-electron chi connectivity index (χ3n) is 4.55. The number of aromatic nitrogens is 3. The summed E-state index contributed by atoms with van der Waals surface area (Å²) in [4.78, 5) is 42.8. The number of benzene rings is 2. The second kappa shape index (κ2) is 10.7. The minimum atomic E-state index is -1.30. The van der Waals surface area contributed by atoms with Crippen molar-refractivity contribution in [1.82, 2.24) is 20.4 Å². The lowest BCUT2D eigenvalue weighted by Crippen LogP contribution is -2.33. The third-order valence-corrected chi connectivity index (χ3v) is 4.55. The van der Waals surface area contributed by atoms with Crippen molar-refractivity contribution in [3.8, 4) is 11.5 Å². The summed E-state index contributed by atoms with van der Waals surface area (Å²) in [5.74, 6) is -2.32. The predicted molar refractivity (Wildman–Crippen MR) is 121 cm³/mol. The van der Waals surface area contributed by atoms with Crippen molar-refractivity contribution in [1.29, 1.82) is 0 Å². The molecule has 9 heteroatoms. The number of hydrogen-bond donors (Lipinski definition) is 3. The molecule has 33 heavy (non-hydrogen) atoms. The maximum absolute atomic E-state index is 12.9. The van der Waals surface area contributed by atoms with Crippen LogP contribution in [0.2, 0.25) is 0 Å². The molecule has 0 aliphatic rings. The molecule has 2 aromatic carbocycles. The maximum Gasteiger partial charge on any atom is 0.374 e. The van der Waals surface area contributed by atoms with E-state index in [9.17, 15) is 14.4 Å². The smallest absolute Gasteiger partial charge is 0.374 e. The Morgan fingerprint density at radius 3 is 2.06 bits per heavy atom. The molecule has 4 rings (SSSR count). The molecule has 0 spiro atoms. The Hall–Kier alpha value is -4.53. The Labute approximate surface area is 189 Å². The molecule has 2 aromatic heterocycles. The van der Waals surface area contributed by atoms with E-state index in [4.69, 9.17) is 5.11 Å². The number of nitrogens with zero attached hydrogens (tertiary/aromatic N) is 2. The van der Waals surface area contributed by atoms with Gasteiger partial charge < -0.3 is 19.9 Å². The van der Waals surface area contributed by atoms with Crippen LogP contribution in [0.25, 0.3) is 11.5 Å². The average Bonchev–Trinajstić information content (AvgIpc) is 3.35. The number of carbonyl (C=O) groups is 2. The second-order valence-corrected chi connectivity index (χ2v) is 6.58. The van der Waals surface area contributed by atoms with E-state index >= 15 is 0 Å². The summed E-state index contributed by atoms with van der Waals surface area (Å²) in [5.41, 5.74) is 0.858. The molecule has 0 saturated heterocycles. The van der Waals surface area contributed by atoms with Crippen LogP contribution in [0.4, 0.5) is 0 Å². The molecule has 9 nitrogen and oxygen atoms in total. The summed E-state index contributed by atoms with van der Waals surface area (Å²) in [6.45, 7) is 4.00. The first kappa shape index (κ1) is 23.1. The largest absolute Gasteiger partial charge is 0.475 e. The summed E-state index contributed by atoms with van der Waals surface area (Å²) in [6, 6.07) is 19.4. The zero-order chi connectivity index (χ0) is 23.8. The number of carboxylic acids is 1. The second-order valence-electron chi connectivity index (χ2n) is 6.58. The monoisotopic (exact) mass is 446 g/mol. The molecule has 0 unspecified atom stereocenters. The van der Waals surface area contributed by atoms with Crippen molar-refractivity contribution in [2.45, 2.75) is 19.9 Å². The summed E-state index contributed by atoms with van der Waals surface area (Å²) >= 11 is 0. The number of nitrogens with one attached hydrogen (secondary N) is 2. The van der Waals surface area contributed by atoms with Crippen LogP contribution >= 0.6 is 0 Å². The number of aromatic carboxylic acids is 1. The number of aromatic amines is 1. The van der Waals surface area contributed by atoms with Crippen LogP contribution in [0.5, 0.6) is 0 Å². The number of H-pyrrole nitrogens is 1. The van der Waals surface area contributed by atoms with Gasteiger partial charge in [0.05, 0.1) is 6.04 Å². The van der Waals surface area contributed by atoms with Gasteiger partial charge in [0.15, 0.2) is 5.82 Å². The quantitative estimate of drug-likeness (QED) is 0.411. The number of hydrogen-bond acceptors (Lipinski definition) is 6. The minimum absolute atomic E-state index is 0.0135. The van der Waals surface area contributed by atoms with E-state index in [0.717, 1.165) is 23.4 Å². The minimum Gasteiger partial charge on any atom is -0.475 e. The van der Waals surface area contributed by atoms with Gasteiger partial charge in [-0.3, -0.25) is 9.59 Å². The van der Waals surface area contributed by atoms with E-state index < -0.39 is 29.2 Å². The van der Waals surface area contributed by atoms with Gasteiger partial charge in [-0.2, -0.15) is 0 Å². The Kier molecular flexibility index (Phi) is 7.48. The van der Waals surface area contributed by atoms with Gasteiger partial charge >= 0.3 is 5.97 Å². The fourth-order valence-corrected chi connectivity index (χ4v) is 3.03. The first-order valence-corrected chi connectivity index (χ1v) is 10.2. The lowest BCUT2D eigenvalue weighted by Gasteiger charge is -2.19. The molecule has 1 amide bonds. The molecule has 0 fully saturated rings. The van der Waals surface area contributed by atoms with Crippen LogP contribution in [0, 0.1) is 0 Å². The first-order valence-electron chi connectivity index (χ1n) is 10.2. The van der Waals surface area contributed by atoms with Gasteiger partial charge in [-0.25, -0.2) is 9.78 Å². The van der Waals surface area contributed by atoms with Crippen molar-refractivity contribution >= 4 is 11.9 Å². The molecule has 3 N–H and O–H groups in total. The van der Waals surface area contributed by atoms with Gasteiger partial charge in [0.25, 0.3) is 11.5 Å². The van der Waals surface area contributed by atoms with E-state index in [1.54, 1.807) is 0 Å². The van der Waals surface area contributed by atoms with Gasteiger partial charge in [0.1, 0.15) is 11.3 Å². The molecule has 0 aliphatic carbocycles. The molecule has 0 atom stereocenters. The van der Waals surface area contributed by atoms with E-state index in [0.29, 0.717) is 0 Å². The summed E-state index contributed by atoms with van der Waals surface area (Å²) in [6.07, 6.45) is 1.12. The van der Waals surface area contributed by atoms with Crippen molar-refractivity contribution in [2.24, 2.45) is 0 Å². The highest BCUT2D eigenvalue weighted by atomic mass is 16.5. The van der Waals surface area contributed by atoms with Gasteiger partial charge in [0, 0.05) is 12.3 Å². The van der Waals surface area contributed by atoms with Crippen molar-refractivity contribution in [2.75, 3.05) is 0 Å². The van der Waals surface area contributed by atoms with E-state index in [2.05, 4.69) is 25.0 Å². The molecule has 2 heterocycles. The van der Waals surface area contributed by atoms with Crippen molar-refractivity contribution in [3.05, 3.63) is 106 Å². The van der Waals surface area contributed by atoms with Crippen molar-refractivity contribution in [3.63, 3.8) is 0 Å². The van der Waals surface area contributed by atoms with Gasteiger partial charge in [-0.15, -0.1) is 0 Å². The van der Waals surface area contributed by atoms with Crippen LogP contribution in [-0.2, 0) is 0 Å². The fourth-order valence-electron chi connectivity index (χ4n) is 3.03. The molecule has 0 saturated carbocycles. The predicted octanol–water partition coefficient (Wildman–Crippen LogP) is 3.67. The van der Waals surface area contributed by atoms with Crippen LogP contribution in [0.15, 0.2) is 82.2 Å². The average molecular weight is 446 g/mol. The van der Waals surface area contributed by atoms with Crippen molar-refractivity contribution < 1.29 is 19.2 Å². The van der Waals surface area contributed by atoms with Crippen LogP contribution in [0.3, 0.4) is 0 Å². The maximum atomic E-state index is 12.9. The van der Waals surface area contributed by atoms with E-state index in [-0.39, 0.29) is 17.1 Å². The SMILES string of the molecule is CC.O=C(O)c1cc(-c2ncc(C(=O)NC(c3ccccc3)c3ccccc3)c(=O)[nH]2)no1. The van der Waals surface area contributed by atoms with E-state index in [1.165, 1.54) is 0 Å². The summed E-state index contributed by atoms with van der Waals surface area (Å²) < 4.78 is 4.66. The third kappa shape index (κ3) is 5.40. The number of rotatable bonds is 6. The molecular formula is C24H22N4O5. The lowest BCUT2D eigenvalue weighted by molar-refractivity contribution is 0.0652. The Morgan fingerprint density at radius 2 is 1.58 bits per heavy atom. The molecule has 0 aliphatic heterocycles. The highest BCUT2D eigenvalue weighted by molar-refractivity contribution is 5.94. The summed E-state index contributed by atoms with van der Waals surface area (Å²) in [5, 5.41) is 15.3. The Morgan fingerprint density at radius 1 is 1.00 bits per heavy atom. The zero-order valence-electron chi connectivity index (χ0n) is 18.0. The van der Waals surface area contributed by atoms with Gasteiger partial charge in [-0.05, 0) is 11.1 Å². The molecule has 168 valence electrons. The highest BCUT2D eigenvalue weighted by Crippen LogP contribution is 2.22. The number of carbonyl (C=O) groups excluding carboxylic acids is 1. The van der Waals surface area contributed by atoms with Gasteiger partial charge in [-0.1, -0.05) is 79.7 Å². The van der Waals surface area contributed by atoms with Crippen LogP contribution in [-0.4, -0.2) is 32.1 Å². The van der Waals surface area contributed by atoms with Crippen LogP contribution in [0.1, 0.15) is 51.9 Å². The van der Waals surface area contributed by atoms with Crippen LogP contribution < -0.4 is 10.9 Å². The molecule has 0 radical (unpaired) electrons. The fraction of sp³-hybridized carbons (Fsp3) is 0.125. The normalized spacial score (nSPS) is 10.3. The molecule has 4 aromatic rings. The zero-order valence-corrected chi connectivity index (χ0v) is 18.0. The Balaban J connectivity index is 0.00000149. The topological polar surface area (TPSA) is 138 Å². The molecule has 0 bridgehead atoms. The van der Waals surface area contributed by atoms with E-state index in [1.807, 2.05) is 74.5 Å². The van der Waals surface area contributed by atoms with Gasteiger partial charge in [0.2, 0.25) is 5.76 Å². The highest BCUT2D eigenvalue weighted by Gasteiger charge is 2.21. The standard InChI is InChI=1S/C22H16N4O5.C2H6/c27-20(24-18(13-7-3-1-4-8-13)14-9-5-2-6-10-14)15-12-23-19(25-21(15)28)16-11-17(22(29)30)31-26-16;1-2/h1-12,18H,(H,24,27)(H,29,30)(H,23,25,28);1-2H3. The Bertz CT molecular complexity index is 1240. The molecular weight excluding hydrogens is 424 g/mol. The summed E-state index contributed by atoms with van der Waals surface area (Å²) in [7, 11) is 0. The lowest BCUT2D eigenvalue weighted by atomic mass is 9.98. The first-order chi connectivity index (χ1) is 16.0. The number of amides is 1.